The van der Waals surface area contributed by atoms with E-state index in [-0.39, 0.29) is 5.82 Å². The number of benzene rings is 1. The molecule has 5 heteroatoms. The fraction of sp³-hybridized carbons (Fsp3) is 0.375. The molecule has 112 valence electrons. The lowest BCUT2D eigenvalue weighted by atomic mass is 10.2. The Hall–Kier alpha value is -2.01. The SMILES string of the molecule is CCCNCc1cnc(N(CC)c2cccc(F)c2)cn1. The maximum atomic E-state index is 13.3. The van der Waals surface area contributed by atoms with Crippen LogP contribution >= 0.6 is 0 Å². The third kappa shape index (κ3) is 4.23. The predicted molar refractivity (Wildman–Crippen MR) is 83.1 cm³/mol. The number of hydrogen-bond acceptors (Lipinski definition) is 4. The van der Waals surface area contributed by atoms with Crippen molar-refractivity contribution in [1.29, 1.82) is 0 Å². The van der Waals surface area contributed by atoms with Crippen molar-refractivity contribution in [2.24, 2.45) is 0 Å². The number of hydrogen-bond donors (Lipinski definition) is 1. The molecule has 1 aromatic carbocycles. The average molecular weight is 288 g/mol. The molecule has 0 aliphatic heterocycles. The number of anilines is 2. The summed E-state index contributed by atoms with van der Waals surface area (Å²) in [5.41, 5.74) is 1.69. The first-order valence-electron chi connectivity index (χ1n) is 7.29. The number of nitrogens with zero attached hydrogens (tertiary/aromatic N) is 3. The van der Waals surface area contributed by atoms with Crippen LogP contribution in [0.1, 0.15) is 26.0 Å². The zero-order valence-electron chi connectivity index (χ0n) is 12.5. The van der Waals surface area contributed by atoms with Gasteiger partial charge in [0.15, 0.2) is 5.82 Å². The minimum Gasteiger partial charge on any atom is -0.325 e. The lowest BCUT2D eigenvalue weighted by Gasteiger charge is -2.21. The fourth-order valence-corrected chi connectivity index (χ4v) is 2.09. The van der Waals surface area contributed by atoms with Crippen LogP contribution < -0.4 is 10.2 Å². The van der Waals surface area contributed by atoms with Gasteiger partial charge in [-0.05, 0) is 38.1 Å². The second kappa shape index (κ2) is 7.69. The summed E-state index contributed by atoms with van der Waals surface area (Å²) in [4.78, 5) is 10.8. The third-order valence-electron chi connectivity index (χ3n) is 3.14. The van der Waals surface area contributed by atoms with Crippen molar-refractivity contribution in [2.75, 3.05) is 18.0 Å². The van der Waals surface area contributed by atoms with E-state index in [1.165, 1.54) is 12.1 Å². The van der Waals surface area contributed by atoms with Gasteiger partial charge in [-0.1, -0.05) is 13.0 Å². The summed E-state index contributed by atoms with van der Waals surface area (Å²) in [6, 6.07) is 6.50. The van der Waals surface area contributed by atoms with Crippen molar-refractivity contribution in [3.63, 3.8) is 0 Å². The molecule has 0 radical (unpaired) electrons. The van der Waals surface area contributed by atoms with Crippen molar-refractivity contribution in [1.82, 2.24) is 15.3 Å². The van der Waals surface area contributed by atoms with Crippen molar-refractivity contribution in [2.45, 2.75) is 26.8 Å². The number of halogens is 1. The average Bonchev–Trinajstić information content (AvgIpc) is 2.50. The van der Waals surface area contributed by atoms with Gasteiger partial charge in [-0.15, -0.1) is 0 Å². The molecule has 0 amide bonds. The van der Waals surface area contributed by atoms with E-state index in [4.69, 9.17) is 0 Å². The molecule has 0 unspecified atom stereocenters. The highest BCUT2D eigenvalue weighted by atomic mass is 19.1. The first-order chi connectivity index (χ1) is 10.2. The molecule has 0 aliphatic carbocycles. The van der Waals surface area contributed by atoms with Crippen molar-refractivity contribution >= 4 is 11.5 Å². The highest BCUT2D eigenvalue weighted by Crippen LogP contribution is 2.23. The van der Waals surface area contributed by atoms with Crippen LogP contribution in [0, 0.1) is 5.82 Å². The maximum Gasteiger partial charge on any atom is 0.151 e. The van der Waals surface area contributed by atoms with Gasteiger partial charge in [-0.25, -0.2) is 9.37 Å². The van der Waals surface area contributed by atoms with Crippen LogP contribution in [0.4, 0.5) is 15.9 Å². The van der Waals surface area contributed by atoms with Crippen LogP contribution in [-0.2, 0) is 6.54 Å². The first kappa shape index (κ1) is 15.4. The van der Waals surface area contributed by atoms with Crippen LogP contribution in [0.15, 0.2) is 36.7 Å². The van der Waals surface area contributed by atoms with Crippen molar-refractivity contribution in [3.05, 3.63) is 48.2 Å². The topological polar surface area (TPSA) is 41.1 Å². The molecule has 0 saturated heterocycles. The Bertz CT molecular complexity index is 556. The fourth-order valence-electron chi connectivity index (χ4n) is 2.09. The van der Waals surface area contributed by atoms with Gasteiger partial charge in [0.05, 0.1) is 18.1 Å². The van der Waals surface area contributed by atoms with Crippen LogP contribution in [-0.4, -0.2) is 23.1 Å². The summed E-state index contributed by atoms with van der Waals surface area (Å²) >= 11 is 0. The minimum atomic E-state index is -0.251. The summed E-state index contributed by atoms with van der Waals surface area (Å²) < 4.78 is 13.3. The maximum absolute atomic E-state index is 13.3. The van der Waals surface area contributed by atoms with E-state index in [1.54, 1.807) is 18.5 Å². The van der Waals surface area contributed by atoms with E-state index in [2.05, 4.69) is 22.2 Å². The molecule has 2 aromatic rings. The predicted octanol–water partition coefficient (Wildman–Crippen LogP) is 3.27. The molecule has 1 heterocycles. The largest absolute Gasteiger partial charge is 0.325 e. The molecule has 0 atom stereocenters. The van der Waals surface area contributed by atoms with Gasteiger partial charge in [0, 0.05) is 18.8 Å². The van der Waals surface area contributed by atoms with E-state index < -0.39 is 0 Å². The van der Waals surface area contributed by atoms with E-state index in [1.807, 2.05) is 17.9 Å². The van der Waals surface area contributed by atoms with Crippen LogP contribution in [0.25, 0.3) is 0 Å². The standard InChI is InChI=1S/C16H21FN4/c1-3-8-18-10-14-11-20-16(12-19-14)21(4-2)15-7-5-6-13(17)9-15/h5-7,9,11-12,18H,3-4,8,10H2,1-2H3. The molecule has 0 bridgehead atoms. The van der Waals surface area contributed by atoms with Gasteiger partial charge < -0.3 is 10.2 Å². The van der Waals surface area contributed by atoms with Crippen LogP contribution in [0.5, 0.6) is 0 Å². The molecular formula is C16H21FN4. The molecule has 0 fully saturated rings. The smallest absolute Gasteiger partial charge is 0.151 e. The Morgan fingerprint density at radius 3 is 2.67 bits per heavy atom. The normalized spacial score (nSPS) is 10.6. The molecule has 1 aromatic heterocycles. The molecular weight excluding hydrogens is 267 g/mol. The highest BCUT2D eigenvalue weighted by Gasteiger charge is 2.09. The Labute approximate surface area is 125 Å². The Morgan fingerprint density at radius 1 is 1.19 bits per heavy atom. The summed E-state index contributed by atoms with van der Waals surface area (Å²) in [6.45, 7) is 6.51. The molecule has 1 N–H and O–H groups in total. The summed E-state index contributed by atoms with van der Waals surface area (Å²) in [5.74, 6) is 0.474. The van der Waals surface area contributed by atoms with E-state index in [0.29, 0.717) is 13.1 Å². The highest BCUT2D eigenvalue weighted by molar-refractivity contribution is 5.58. The Kier molecular flexibility index (Phi) is 5.63. The Balaban J connectivity index is 2.12. The molecule has 0 aliphatic rings. The summed E-state index contributed by atoms with van der Waals surface area (Å²) in [6.07, 6.45) is 4.59. The molecule has 0 spiro atoms. The third-order valence-corrected chi connectivity index (χ3v) is 3.14. The number of rotatable bonds is 7. The first-order valence-corrected chi connectivity index (χ1v) is 7.29. The van der Waals surface area contributed by atoms with Gasteiger partial charge in [-0.2, -0.15) is 0 Å². The lowest BCUT2D eigenvalue weighted by Crippen LogP contribution is -2.19. The number of nitrogens with one attached hydrogen (secondary N) is 1. The number of aromatic nitrogens is 2. The van der Waals surface area contributed by atoms with E-state index in [0.717, 1.165) is 30.2 Å². The molecule has 21 heavy (non-hydrogen) atoms. The molecule has 0 saturated carbocycles. The van der Waals surface area contributed by atoms with Gasteiger partial charge in [0.2, 0.25) is 0 Å². The monoisotopic (exact) mass is 288 g/mol. The van der Waals surface area contributed by atoms with Crippen molar-refractivity contribution < 1.29 is 4.39 Å². The van der Waals surface area contributed by atoms with Crippen molar-refractivity contribution in [3.8, 4) is 0 Å². The summed E-state index contributed by atoms with van der Waals surface area (Å²) in [5, 5.41) is 3.29. The van der Waals surface area contributed by atoms with Gasteiger partial charge in [-0.3, -0.25) is 4.98 Å². The molecule has 4 nitrogen and oxygen atoms in total. The van der Waals surface area contributed by atoms with Gasteiger partial charge in [0.25, 0.3) is 0 Å². The summed E-state index contributed by atoms with van der Waals surface area (Å²) in [7, 11) is 0. The van der Waals surface area contributed by atoms with Gasteiger partial charge >= 0.3 is 0 Å². The van der Waals surface area contributed by atoms with E-state index in [9.17, 15) is 4.39 Å². The second-order valence-corrected chi connectivity index (χ2v) is 4.77. The van der Waals surface area contributed by atoms with Crippen LogP contribution in [0.2, 0.25) is 0 Å². The quantitative estimate of drug-likeness (QED) is 0.794. The molecule has 2 rings (SSSR count). The van der Waals surface area contributed by atoms with E-state index >= 15 is 0 Å². The van der Waals surface area contributed by atoms with Crippen LogP contribution in [0.3, 0.4) is 0 Å². The minimum absolute atomic E-state index is 0.251. The zero-order chi connectivity index (χ0) is 15.1. The second-order valence-electron chi connectivity index (χ2n) is 4.77. The zero-order valence-corrected chi connectivity index (χ0v) is 12.5. The lowest BCUT2D eigenvalue weighted by molar-refractivity contribution is 0.627. The Morgan fingerprint density at radius 2 is 2.05 bits per heavy atom. The van der Waals surface area contributed by atoms with Gasteiger partial charge in [0.1, 0.15) is 5.82 Å².